The Morgan fingerprint density at radius 2 is 2.12 bits per heavy atom. The van der Waals surface area contributed by atoms with Gasteiger partial charge in [-0.25, -0.2) is 0 Å². The van der Waals surface area contributed by atoms with Gasteiger partial charge in [0.25, 0.3) is 0 Å². The molecule has 2 atom stereocenters. The van der Waals surface area contributed by atoms with Gasteiger partial charge in [0, 0.05) is 13.2 Å². The summed E-state index contributed by atoms with van der Waals surface area (Å²) in [6, 6.07) is 7.37. The van der Waals surface area contributed by atoms with E-state index in [1.165, 1.54) is 0 Å². The van der Waals surface area contributed by atoms with Crippen molar-refractivity contribution in [3.05, 3.63) is 29.8 Å². The SMILES string of the molecule is CCOc1ccc(CC(CNC(=O)CC2CCCO2)C(=O)O)cc1. The molecule has 132 valence electrons. The Morgan fingerprint density at radius 1 is 1.38 bits per heavy atom. The zero-order valence-corrected chi connectivity index (χ0v) is 14.0. The molecule has 1 fully saturated rings. The average molecular weight is 335 g/mol. The molecular formula is C18H25NO5. The molecule has 2 N–H and O–H groups in total. The average Bonchev–Trinajstić information content (AvgIpc) is 3.06. The van der Waals surface area contributed by atoms with E-state index in [1.54, 1.807) is 0 Å². The van der Waals surface area contributed by atoms with E-state index in [2.05, 4.69) is 5.32 Å². The topological polar surface area (TPSA) is 84.9 Å². The van der Waals surface area contributed by atoms with Crippen LogP contribution in [0.2, 0.25) is 0 Å². The van der Waals surface area contributed by atoms with Crippen molar-refractivity contribution in [2.75, 3.05) is 19.8 Å². The summed E-state index contributed by atoms with van der Waals surface area (Å²) in [5.41, 5.74) is 0.902. The van der Waals surface area contributed by atoms with Gasteiger partial charge in [0.05, 0.1) is 25.0 Å². The third-order valence-electron chi connectivity index (χ3n) is 4.05. The van der Waals surface area contributed by atoms with E-state index in [9.17, 15) is 14.7 Å². The van der Waals surface area contributed by atoms with Crippen LogP contribution in [0.4, 0.5) is 0 Å². The van der Waals surface area contributed by atoms with Crippen molar-refractivity contribution in [1.29, 1.82) is 0 Å². The van der Waals surface area contributed by atoms with E-state index < -0.39 is 11.9 Å². The number of carboxylic acids is 1. The summed E-state index contributed by atoms with van der Waals surface area (Å²) in [4.78, 5) is 23.3. The van der Waals surface area contributed by atoms with Gasteiger partial charge < -0.3 is 19.9 Å². The van der Waals surface area contributed by atoms with Gasteiger partial charge in [0.15, 0.2) is 0 Å². The highest BCUT2D eigenvalue weighted by molar-refractivity contribution is 5.78. The molecule has 1 aromatic carbocycles. The number of rotatable bonds is 9. The van der Waals surface area contributed by atoms with Crippen molar-refractivity contribution in [3.8, 4) is 5.75 Å². The number of carboxylic acid groups (broad SMARTS) is 1. The maximum absolute atomic E-state index is 11.9. The minimum atomic E-state index is -0.915. The first-order valence-corrected chi connectivity index (χ1v) is 8.41. The summed E-state index contributed by atoms with van der Waals surface area (Å²) in [5.74, 6) is -0.962. The molecule has 0 bridgehead atoms. The molecule has 0 aliphatic carbocycles. The first-order valence-electron chi connectivity index (χ1n) is 8.41. The van der Waals surface area contributed by atoms with Crippen LogP contribution in [0.1, 0.15) is 31.7 Å². The lowest BCUT2D eigenvalue weighted by molar-refractivity contribution is -0.141. The fourth-order valence-corrected chi connectivity index (χ4v) is 2.74. The Kier molecular flexibility index (Phi) is 7.06. The quantitative estimate of drug-likeness (QED) is 0.721. The molecule has 1 amide bonds. The van der Waals surface area contributed by atoms with E-state index in [0.29, 0.717) is 26.1 Å². The summed E-state index contributed by atoms with van der Waals surface area (Å²) < 4.78 is 10.8. The lowest BCUT2D eigenvalue weighted by atomic mass is 9.99. The molecular weight excluding hydrogens is 310 g/mol. The van der Waals surface area contributed by atoms with Gasteiger partial charge in [-0.05, 0) is 43.9 Å². The molecule has 0 aromatic heterocycles. The first kappa shape index (κ1) is 18.3. The number of benzene rings is 1. The van der Waals surface area contributed by atoms with E-state index in [0.717, 1.165) is 24.2 Å². The zero-order chi connectivity index (χ0) is 17.4. The molecule has 1 aromatic rings. The molecule has 1 saturated heterocycles. The van der Waals surface area contributed by atoms with E-state index in [4.69, 9.17) is 9.47 Å². The third kappa shape index (κ3) is 5.85. The van der Waals surface area contributed by atoms with Gasteiger partial charge in [0.1, 0.15) is 5.75 Å². The number of ether oxygens (including phenoxy) is 2. The summed E-state index contributed by atoms with van der Waals surface area (Å²) in [6.07, 6.45) is 2.51. The third-order valence-corrected chi connectivity index (χ3v) is 4.05. The smallest absolute Gasteiger partial charge is 0.308 e. The number of carbonyl (C=O) groups excluding carboxylic acids is 1. The normalized spacial score (nSPS) is 18.1. The van der Waals surface area contributed by atoms with Crippen LogP contribution in [0.25, 0.3) is 0 Å². The highest BCUT2D eigenvalue weighted by atomic mass is 16.5. The molecule has 2 rings (SSSR count). The summed E-state index contributed by atoms with van der Waals surface area (Å²) in [7, 11) is 0. The van der Waals surface area contributed by atoms with Crippen LogP contribution in [-0.2, 0) is 20.7 Å². The number of carbonyl (C=O) groups is 2. The van der Waals surface area contributed by atoms with Crippen LogP contribution < -0.4 is 10.1 Å². The molecule has 0 spiro atoms. The highest BCUT2D eigenvalue weighted by Crippen LogP contribution is 2.16. The fourth-order valence-electron chi connectivity index (χ4n) is 2.74. The Morgan fingerprint density at radius 3 is 2.71 bits per heavy atom. The van der Waals surface area contributed by atoms with Gasteiger partial charge in [0.2, 0.25) is 5.91 Å². The van der Waals surface area contributed by atoms with Crippen molar-refractivity contribution >= 4 is 11.9 Å². The number of amides is 1. The standard InChI is InChI=1S/C18H25NO5/c1-2-23-15-7-5-13(6-8-15)10-14(18(21)22)12-19-17(20)11-16-4-3-9-24-16/h5-8,14,16H,2-4,9-12H2,1H3,(H,19,20)(H,21,22). The van der Waals surface area contributed by atoms with Crippen molar-refractivity contribution in [2.24, 2.45) is 5.92 Å². The molecule has 6 nitrogen and oxygen atoms in total. The maximum atomic E-state index is 11.9. The van der Waals surface area contributed by atoms with E-state index >= 15 is 0 Å². The largest absolute Gasteiger partial charge is 0.494 e. The van der Waals surface area contributed by atoms with E-state index in [-0.39, 0.29) is 18.6 Å². The van der Waals surface area contributed by atoms with Crippen LogP contribution in [0.5, 0.6) is 5.75 Å². The number of hydrogen-bond donors (Lipinski definition) is 2. The van der Waals surface area contributed by atoms with Crippen molar-refractivity contribution in [2.45, 2.75) is 38.7 Å². The number of aliphatic carboxylic acids is 1. The highest BCUT2D eigenvalue weighted by Gasteiger charge is 2.22. The predicted molar refractivity (Wildman–Crippen MR) is 89.0 cm³/mol. The van der Waals surface area contributed by atoms with Crippen LogP contribution in [0.15, 0.2) is 24.3 Å². The number of nitrogens with one attached hydrogen (secondary N) is 1. The van der Waals surface area contributed by atoms with Crippen molar-refractivity contribution < 1.29 is 24.2 Å². The van der Waals surface area contributed by atoms with Gasteiger partial charge in [-0.15, -0.1) is 0 Å². The second-order valence-electron chi connectivity index (χ2n) is 5.96. The fraction of sp³-hybridized carbons (Fsp3) is 0.556. The van der Waals surface area contributed by atoms with Gasteiger partial charge in [-0.3, -0.25) is 9.59 Å². The Bertz CT molecular complexity index is 537. The Labute approximate surface area is 142 Å². The summed E-state index contributed by atoms with van der Waals surface area (Å²) in [6.45, 7) is 3.32. The molecule has 0 radical (unpaired) electrons. The van der Waals surface area contributed by atoms with Crippen LogP contribution in [0, 0.1) is 5.92 Å². The molecule has 2 unspecified atom stereocenters. The maximum Gasteiger partial charge on any atom is 0.308 e. The minimum Gasteiger partial charge on any atom is -0.494 e. The molecule has 1 aliphatic heterocycles. The Hall–Kier alpha value is -2.08. The molecule has 1 heterocycles. The number of hydrogen-bond acceptors (Lipinski definition) is 4. The molecule has 1 aliphatic rings. The van der Waals surface area contributed by atoms with Crippen molar-refractivity contribution in [1.82, 2.24) is 5.32 Å². The molecule has 24 heavy (non-hydrogen) atoms. The first-order chi connectivity index (χ1) is 11.6. The van der Waals surface area contributed by atoms with E-state index in [1.807, 2.05) is 31.2 Å². The van der Waals surface area contributed by atoms with Crippen LogP contribution in [-0.4, -0.2) is 42.8 Å². The summed E-state index contributed by atoms with van der Waals surface area (Å²) >= 11 is 0. The van der Waals surface area contributed by atoms with Gasteiger partial charge >= 0.3 is 5.97 Å². The zero-order valence-electron chi connectivity index (χ0n) is 14.0. The monoisotopic (exact) mass is 335 g/mol. The lowest BCUT2D eigenvalue weighted by Crippen LogP contribution is -2.35. The van der Waals surface area contributed by atoms with Crippen molar-refractivity contribution in [3.63, 3.8) is 0 Å². The van der Waals surface area contributed by atoms with Gasteiger partial charge in [-0.2, -0.15) is 0 Å². The second kappa shape index (κ2) is 9.27. The molecule has 6 heteroatoms. The van der Waals surface area contributed by atoms with Crippen LogP contribution >= 0.6 is 0 Å². The minimum absolute atomic E-state index is 0.0283. The summed E-state index contributed by atoms with van der Waals surface area (Å²) in [5, 5.41) is 12.1. The van der Waals surface area contributed by atoms with Gasteiger partial charge in [-0.1, -0.05) is 12.1 Å². The predicted octanol–water partition coefficient (Wildman–Crippen LogP) is 2.01. The molecule has 0 saturated carbocycles. The second-order valence-corrected chi connectivity index (χ2v) is 5.96. The Balaban J connectivity index is 1.82. The van der Waals surface area contributed by atoms with Crippen LogP contribution in [0.3, 0.4) is 0 Å². The lowest BCUT2D eigenvalue weighted by Gasteiger charge is -2.15.